The molecule has 0 unspecified atom stereocenters. The molecule has 0 spiro atoms. The number of nitrogens with two attached hydrogens (primary N) is 1. The molecule has 3 N–H and O–H groups in total. The maximum absolute atomic E-state index is 6.33. The van der Waals surface area contributed by atoms with Crippen molar-refractivity contribution in [3.8, 4) is 28.1 Å². The summed E-state index contributed by atoms with van der Waals surface area (Å²) in [6, 6.07) is 22.3. The smallest absolute Gasteiger partial charge is 0.138 e. The van der Waals surface area contributed by atoms with Crippen molar-refractivity contribution < 1.29 is 4.74 Å². The van der Waals surface area contributed by atoms with Crippen molar-refractivity contribution in [3.63, 3.8) is 0 Å². The minimum Gasteiger partial charge on any atom is -0.490 e. The fraction of sp³-hybridized carbons (Fsp3) is 0.148. The van der Waals surface area contributed by atoms with Gasteiger partial charge in [0.2, 0.25) is 0 Å². The first-order valence-corrected chi connectivity index (χ1v) is 11.0. The van der Waals surface area contributed by atoms with E-state index in [0.717, 1.165) is 45.4 Å². The predicted molar refractivity (Wildman–Crippen MR) is 131 cm³/mol. The third-order valence-electron chi connectivity index (χ3n) is 5.67. The molecule has 0 amide bonds. The molecule has 6 nitrogen and oxygen atoms in total. The van der Waals surface area contributed by atoms with Gasteiger partial charge in [-0.05, 0) is 54.8 Å². The molecule has 5 aromatic rings. The van der Waals surface area contributed by atoms with E-state index in [9.17, 15) is 0 Å². The van der Waals surface area contributed by atoms with Crippen LogP contribution >= 0.6 is 0 Å². The summed E-state index contributed by atoms with van der Waals surface area (Å²) in [6.45, 7) is 2.40. The van der Waals surface area contributed by atoms with Gasteiger partial charge in [0.05, 0.1) is 23.1 Å². The van der Waals surface area contributed by atoms with E-state index in [1.54, 1.807) is 12.4 Å². The fourth-order valence-corrected chi connectivity index (χ4v) is 3.97. The first kappa shape index (κ1) is 20.8. The lowest BCUT2D eigenvalue weighted by atomic mass is 9.98. The van der Waals surface area contributed by atoms with Crippen LogP contribution in [0.4, 0.5) is 0 Å². The maximum Gasteiger partial charge on any atom is 0.138 e. The third kappa shape index (κ3) is 4.61. The Bertz CT molecular complexity index is 1370. The summed E-state index contributed by atoms with van der Waals surface area (Å²) in [5, 5.41) is 8.47. The number of aromatic nitrogens is 4. The summed E-state index contributed by atoms with van der Waals surface area (Å²) >= 11 is 0. The number of aryl methyl sites for hydroxylation is 1. The Morgan fingerprint density at radius 1 is 0.970 bits per heavy atom. The van der Waals surface area contributed by atoms with E-state index in [1.807, 2.05) is 55.6 Å². The average molecular weight is 436 g/mol. The first-order valence-electron chi connectivity index (χ1n) is 11.0. The van der Waals surface area contributed by atoms with Crippen LogP contribution in [0.3, 0.4) is 0 Å². The molecular formula is C27H25N5O. The molecule has 0 fully saturated rings. The van der Waals surface area contributed by atoms with E-state index in [0.29, 0.717) is 12.4 Å². The van der Waals surface area contributed by atoms with Crippen molar-refractivity contribution in [2.24, 2.45) is 5.73 Å². The highest BCUT2D eigenvalue weighted by Gasteiger charge is 2.14. The van der Waals surface area contributed by atoms with Gasteiger partial charge < -0.3 is 10.5 Å². The number of benzene rings is 2. The quantitative estimate of drug-likeness (QED) is 0.378. The number of pyridine rings is 2. The number of nitrogens with zero attached hydrogens (tertiary/aromatic N) is 3. The van der Waals surface area contributed by atoms with Crippen molar-refractivity contribution in [2.75, 3.05) is 6.61 Å². The second-order valence-electron chi connectivity index (χ2n) is 8.14. The van der Waals surface area contributed by atoms with E-state index in [-0.39, 0.29) is 6.04 Å². The van der Waals surface area contributed by atoms with E-state index < -0.39 is 0 Å². The van der Waals surface area contributed by atoms with E-state index >= 15 is 0 Å². The van der Waals surface area contributed by atoms with Crippen LogP contribution in [0.15, 0.2) is 85.3 Å². The molecule has 1 atom stereocenters. The second kappa shape index (κ2) is 9.22. The van der Waals surface area contributed by atoms with Crippen LogP contribution in [0, 0.1) is 6.92 Å². The highest BCUT2D eigenvalue weighted by Crippen LogP contribution is 2.34. The van der Waals surface area contributed by atoms with Gasteiger partial charge in [0.25, 0.3) is 0 Å². The third-order valence-corrected chi connectivity index (χ3v) is 5.67. The Morgan fingerprint density at radius 3 is 2.67 bits per heavy atom. The zero-order valence-corrected chi connectivity index (χ0v) is 18.4. The molecule has 0 radical (unpaired) electrons. The molecule has 6 heteroatoms. The number of hydrogen-bond donors (Lipinski definition) is 2. The summed E-state index contributed by atoms with van der Waals surface area (Å²) in [6.07, 6.45) is 6.09. The maximum atomic E-state index is 6.33. The van der Waals surface area contributed by atoms with E-state index in [4.69, 9.17) is 15.5 Å². The number of nitrogens with one attached hydrogen (secondary N) is 1. The van der Waals surface area contributed by atoms with Crippen LogP contribution in [0.5, 0.6) is 5.75 Å². The summed E-state index contributed by atoms with van der Waals surface area (Å²) in [7, 11) is 0. The van der Waals surface area contributed by atoms with Crippen LogP contribution in [0.2, 0.25) is 0 Å². The van der Waals surface area contributed by atoms with E-state index in [2.05, 4.69) is 39.4 Å². The number of fused-ring (bicyclic) bond motifs is 1. The summed E-state index contributed by atoms with van der Waals surface area (Å²) in [5.41, 5.74) is 13.3. The van der Waals surface area contributed by atoms with Crippen LogP contribution < -0.4 is 10.5 Å². The molecule has 0 bridgehead atoms. The van der Waals surface area contributed by atoms with Gasteiger partial charge in [0.15, 0.2) is 0 Å². The average Bonchev–Trinajstić information content (AvgIpc) is 3.24. The molecule has 0 aliphatic rings. The van der Waals surface area contributed by atoms with Gasteiger partial charge >= 0.3 is 0 Å². The highest BCUT2D eigenvalue weighted by molar-refractivity contribution is 5.90. The van der Waals surface area contributed by atoms with Crippen LogP contribution in [-0.2, 0) is 6.42 Å². The Hall–Kier alpha value is -4.03. The number of H-pyrrole nitrogens is 1. The van der Waals surface area contributed by atoms with Crippen molar-refractivity contribution in [3.05, 3.63) is 96.6 Å². The molecule has 0 aliphatic heterocycles. The van der Waals surface area contributed by atoms with Crippen molar-refractivity contribution in [1.29, 1.82) is 0 Å². The highest BCUT2D eigenvalue weighted by atomic mass is 16.5. The van der Waals surface area contributed by atoms with Crippen molar-refractivity contribution >= 4 is 10.9 Å². The lowest BCUT2D eigenvalue weighted by molar-refractivity contribution is 0.287. The summed E-state index contributed by atoms with van der Waals surface area (Å²) < 4.78 is 6.07. The number of hydrogen-bond acceptors (Lipinski definition) is 5. The van der Waals surface area contributed by atoms with Gasteiger partial charge in [-0.1, -0.05) is 36.4 Å². The Balaban J connectivity index is 1.46. The molecule has 0 saturated heterocycles. The van der Waals surface area contributed by atoms with Gasteiger partial charge in [0.1, 0.15) is 12.4 Å². The minimum absolute atomic E-state index is 0.112. The largest absolute Gasteiger partial charge is 0.490 e. The monoisotopic (exact) mass is 435 g/mol. The summed E-state index contributed by atoms with van der Waals surface area (Å²) in [5.74, 6) is 0.685. The Labute approximate surface area is 192 Å². The van der Waals surface area contributed by atoms with Crippen LogP contribution in [-0.4, -0.2) is 32.8 Å². The molecule has 2 aromatic carbocycles. The molecule has 5 rings (SSSR count). The summed E-state index contributed by atoms with van der Waals surface area (Å²) in [4.78, 5) is 9.02. The molecule has 3 aromatic heterocycles. The number of aromatic amines is 1. The van der Waals surface area contributed by atoms with Gasteiger partial charge in [0, 0.05) is 34.9 Å². The standard InChI is InChI=1S/C27H25N5O/c1-18-24-13-20(9-10-26(24)32-31-18)25-14-23(16-30-27(25)21-8-5-11-29-15-21)33-17-22(28)12-19-6-3-2-4-7-19/h2-11,13-16,22H,12,17,28H2,1H3,(H,31,32)/t22-/m0/s1. The zero-order valence-electron chi connectivity index (χ0n) is 18.4. The molecule has 3 heterocycles. The van der Waals surface area contributed by atoms with Crippen molar-refractivity contribution in [2.45, 2.75) is 19.4 Å². The molecule has 164 valence electrons. The van der Waals surface area contributed by atoms with E-state index in [1.165, 1.54) is 5.56 Å². The molecule has 0 saturated carbocycles. The molecule has 33 heavy (non-hydrogen) atoms. The van der Waals surface area contributed by atoms with Crippen LogP contribution in [0.1, 0.15) is 11.3 Å². The lowest BCUT2D eigenvalue weighted by Gasteiger charge is -2.15. The van der Waals surface area contributed by atoms with Gasteiger partial charge in [-0.2, -0.15) is 5.10 Å². The zero-order chi connectivity index (χ0) is 22.6. The topological polar surface area (TPSA) is 89.7 Å². The van der Waals surface area contributed by atoms with Gasteiger partial charge in [-0.3, -0.25) is 15.1 Å². The normalized spacial score (nSPS) is 12.1. The SMILES string of the molecule is Cc1n[nH]c2ccc(-c3cc(OC[C@@H](N)Cc4ccccc4)cnc3-c3cccnc3)cc12. The minimum atomic E-state index is -0.112. The van der Waals surface area contributed by atoms with Crippen LogP contribution in [0.25, 0.3) is 33.3 Å². The Kier molecular flexibility index (Phi) is 5.83. The first-order chi connectivity index (χ1) is 16.2. The Morgan fingerprint density at radius 2 is 1.85 bits per heavy atom. The number of rotatable bonds is 7. The fourth-order valence-electron chi connectivity index (χ4n) is 3.97. The lowest BCUT2D eigenvalue weighted by Crippen LogP contribution is -2.30. The van der Waals surface area contributed by atoms with Gasteiger partial charge in [-0.15, -0.1) is 0 Å². The predicted octanol–water partition coefficient (Wildman–Crippen LogP) is 4.94. The van der Waals surface area contributed by atoms with Gasteiger partial charge in [-0.25, -0.2) is 0 Å². The van der Waals surface area contributed by atoms with Crippen molar-refractivity contribution in [1.82, 2.24) is 20.2 Å². The second-order valence-corrected chi connectivity index (χ2v) is 8.14. The number of ether oxygens (including phenoxy) is 1. The molecule has 0 aliphatic carbocycles. The molecular weight excluding hydrogens is 410 g/mol.